The number of allylic oxidation sites excluding steroid dienone is 4. The van der Waals surface area contributed by atoms with E-state index >= 15 is 0 Å². The molecule has 31 heavy (non-hydrogen) atoms. The monoisotopic (exact) mass is 426 g/mol. The summed E-state index contributed by atoms with van der Waals surface area (Å²) in [6.45, 7) is 27.7. The Labute approximate surface area is 191 Å². The first-order valence-corrected chi connectivity index (χ1v) is 12.6. The minimum absolute atomic E-state index is 0.0131. The van der Waals surface area contributed by atoms with E-state index in [2.05, 4.69) is 62.3 Å². The van der Waals surface area contributed by atoms with Crippen molar-refractivity contribution in [2.45, 2.75) is 89.5 Å². The SMILES string of the molecule is CC1=C(C)C(=O)C(C[C@]2(C)C(C)C(C)C(C)[C@]3(C)C(C)C(C)C(C)C(C)[C@H]32)=C(C)C1=O. The van der Waals surface area contributed by atoms with Gasteiger partial charge >= 0.3 is 0 Å². The van der Waals surface area contributed by atoms with Crippen molar-refractivity contribution in [3.8, 4) is 0 Å². The van der Waals surface area contributed by atoms with E-state index in [1.165, 1.54) is 0 Å². The minimum Gasteiger partial charge on any atom is -0.289 e. The molecule has 0 radical (unpaired) electrons. The highest BCUT2D eigenvalue weighted by atomic mass is 16.1. The van der Waals surface area contributed by atoms with Gasteiger partial charge in [0.1, 0.15) is 0 Å². The third-order valence-electron chi connectivity index (χ3n) is 11.8. The fourth-order valence-corrected chi connectivity index (χ4v) is 8.57. The molecule has 2 nitrogen and oxygen atoms in total. The van der Waals surface area contributed by atoms with E-state index in [1.54, 1.807) is 6.92 Å². The van der Waals surface area contributed by atoms with Crippen molar-refractivity contribution in [1.29, 1.82) is 0 Å². The van der Waals surface area contributed by atoms with Gasteiger partial charge in [-0.3, -0.25) is 9.59 Å². The van der Waals surface area contributed by atoms with Crippen molar-refractivity contribution >= 4 is 11.6 Å². The molecule has 2 heteroatoms. The van der Waals surface area contributed by atoms with Gasteiger partial charge in [-0.2, -0.15) is 0 Å². The van der Waals surface area contributed by atoms with Gasteiger partial charge in [0, 0.05) is 22.3 Å². The summed E-state index contributed by atoms with van der Waals surface area (Å²) < 4.78 is 0. The first-order valence-electron chi connectivity index (χ1n) is 12.6. The Kier molecular flexibility index (Phi) is 6.08. The van der Waals surface area contributed by atoms with Crippen LogP contribution in [0.4, 0.5) is 0 Å². The number of carbonyl (C=O) groups excluding carboxylic acids is 2. The molecule has 0 saturated heterocycles. The summed E-state index contributed by atoms with van der Waals surface area (Å²) in [5.74, 6) is 4.97. The molecular weight excluding hydrogens is 380 g/mol. The zero-order valence-corrected chi connectivity index (χ0v) is 22.1. The van der Waals surface area contributed by atoms with Crippen LogP contribution in [0.3, 0.4) is 0 Å². The average Bonchev–Trinajstić information content (AvgIpc) is 2.74. The lowest BCUT2D eigenvalue weighted by molar-refractivity contribution is -0.212. The molecule has 10 atom stereocenters. The standard InChI is InChI=1S/C29H46O2/c1-14-15(2)22(9)29(12)23(10)19(6)21(8)28(11,27(29)18(14)5)13-24-20(7)25(30)16(3)17(4)26(24)31/h14-15,18-19,21-23,27H,13H2,1-12H3/t14?,15?,18?,19?,21?,22?,23?,27-,28+,29-/m0/s1. The third kappa shape index (κ3) is 3.10. The number of hydrogen-bond donors (Lipinski definition) is 0. The van der Waals surface area contributed by atoms with Crippen molar-refractivity contribution in [3.63, 3.8) is 0 Å². The Balaban J connectivity index is 2.18. The van der Waals surface area contributed by atoms with Crippen molar-refractivity contribution in [3.05, 3.63) is 22.3 Å². The molecule has 3 rings (SSSR count). The zero-order chi connectivity index (χ0) is 23.8. The van der Waals surface area contributed by atoms with Gasteiger partial charge in [0.2, 0.25) is 0 Å². The molecule has 0 N–H and O–H groups in total. The van der Waals surface area contributed by atoms with E-state index in [4.69, 9.17) is 0 Å². The summed E-state index contributed by atoms with van der Waals surface area (Å²) in [5.41, 5.74) is 2.96. The number of Topliss-reactive ketones (excluding diaryl/α,β-unsaturated/α-hetero) is 2. The maximum Gasteiger partial charge on any atom is 0.185 e. The zero-order valence-electron chi connectivity index (χ0n) is 22.1. The van der Waals surface area contributed by atoms with Gasteiger partial charge in [-0.1, -0.05) is 62.3 Å². The van der Waals surface area contributed by atoms with Crippen LogP contribution in [0.2, 0.25) is 0 Å². The predicted molar refractivity (Wildman–Crippen MR) is 130 cm³/mol. The van der Waals surface area contributed by atoms with Gasteiger partial charge in [-0.05, 0) is 85.4 Å². The van der Waals surface area contributed by atoms with E-state index in [9.17, 15) is 9.59 Å². The lowest BCUT2D eigenvalue weighted by atomic mass is 9.35. The van der Waals surface area contributed by atoms with Gasteiger partial charge in [0.05, 0.1) is 0 Å². The highest BCUT2D eigenvalue weighted by Crippen LogP contribution is 2.70. The van der Waals surface area contributed by atoms with Crippen molar-refractivity contribution in [2.75, 3.05) is 0 Å². The molecule has 2 saturated carbocycles. The van der Waals surface area contributed by atoms with Crippen molar-refractivity contribution in [2.24, 2.45) is 58.2 Å². The molecule has 0 aromatic heterocycles. The van der Waals surface area contributed by atoms with E-state index in [-0.39, 0.29) is 22.4 Å². The first-order chi connectivity index (χ1) is 14.1. The topological polar surface area (TPSA) is 34.1 Å². The Morgan fingerprint density at radius 1 is 0.613 bits per heavy atom. The van der Waals surface area contributed by atoms with Crippen LogP contribution in [-0.2, 0) is 9.59 Å². The van der Waals surface area contributed by atoms with Gasteiger partial charge < -0.3 is 0 Å². The van der Waals surface area contributed by atoms with Crippen LogP contribution in [0.1, 0.15) is 89.5 Å². The van der Waals surface area contributed by atoms with Crippen molar-refractivity contribution in [1.82, 2.24) is 0 Å². The van der Waals surface area contributed by atoms with Gasteiger partial charge in [0.15, 0.2) is 11.6 Å². The minimum atomic E-state index is -0.0131. The van der Waals surface area contributed by atoms with E-state index in [1.807, 2.05) is 13.8 Å². The Morgan fingerprint density at radius 3 is 1.65 bits per heavy atom. The number of rotatable bonds is 2. The van der Waals surface area contributed by atoms with E-state index in [0.717, 1.165) is 12.0 Å². The van der Waals surface area contributed by atoms with Gasteiger partial charge in [-0.15, -0.1) is 0 Å². The van der Waals surface area contributed by atoms with Crippen LogP contribution in [0, 0.1) is 58.2 Å². The first kappa shape index (κ1) is 24.5. The molecule has 0 spiro atoms. The number of ketones is 2. The second-order valence-corrected chi connectivity index (χ2v) is 12.3. The highest BCUT2D eigenvalue weighted by Gasteiger charge is 2.64. The van der Waals surface area contributed by atoms with E-state index in [0.29, 0.717) is 64.1 Å². The molecular formula is C29H46O2. The predicted octanol–water partition coefficient (Wildman–Crippen LogP) is 7.29. The number of hydrogen-bond acceptors (Lipinski definition) is 2. The molecule has 3 aliphatic rings. The summed E-state index contributed by atoms with van der Waals surface area (Å²) in [5, 5.41) is 0. The van der Waals surface area contributed by atoms with Crippen LogP contribution in [0.5, 0.6) is 0 Å². The molecule has 0 bridgehead atoms. The fraction of sp³-hybridized carbons (Fsp3) is 0.793. The second-order valence-electron chi connectivity index (χ2n) is 12.3. The summed E-state index contributed by atoms with van der Waals surface area (Å²) >= 11 is 0. The van der Waals surface area contributed by atoms with E-state index < -0.39 is 0 Å². The smallest absolute Gasteiger partial charge is 0.185 e. The van der Waals surface area contributed by atoms with Crippen LogP contribution in [0.15, 0.2) is 22.3 Å². The lowest BCUT2D eigenvalue weighted by Gasteiger charge is -2.69. The second kappa shape index (κ2) is 7.70. The van der Waals surface area contributed by atoms with Gasteiger partial charge in [-0.25, -0.2) is 0 Å². The average molecular weight is 427 g/mol. The number of carbonyl (C=O) groups is 2. The fourth-order valence-electron chi connectivity index (χ4n) is 8.57. The molecule has 7 unspecified atom stereocenters. The molecule has 174 valence electrons. The molecule has 0 aromatic rings. The van der Waals surface area contributed by atoms with Crippen LogP contribution in [0.25, 0.3) is 0 Å². The largest absolute Gasteiger partial charge is 0.289 e. The summed E-state index contributed by atoms with van der Waals surface area (Å²) in [4.78, 5) is 26.3. The Morgan fingerprint density at radius 2 is 1.10 bits per heavy atom. The molecule has 0 heterocycles. The Hall–Kier alpha value is -1.18. The van der Waals surface area contributed by atoms with Crippen LogP contribution < -0.4 is 0 Å². The highest BCUT2D eigenvalue weighted by molar-refractivity contribution is 6.24. The molecule has 0 aliphatic heterocycles. The quantitative estimate of drug-likeness (QED) is 0.434. The molecule has 3 aliphatic carbocycles. The maximum absolute atomic E-state index is 13.4. The maximum atomic E-state index is 13.4. The summed E-state index contributed by atoms with van der Waals surface area (Å²) in [6.07, 6.45) is 0.727. The van der Waals surface area contributed by atoms with Crippen LogP contribution >= 0.6 is 0 Å². The Bertz CT molecular complexity index is 854. The lowest BCUT2D eigenvalue weighted by Crippen LogP contribution is -2.64. The third-order valence-corrected chi connectivity index (χ3v) is 11.8. The van der Waals surface area contributed by atoms with Crippen LogP contribution in [-0.4, -0.2) is 11.6 Å². The van der Waals surface area contributed by atoms with Gasteiger partial charge in [0.25, 0.3) is 0 Å². The summed E-state index contributed by atoms with van der Waals surface area (Å²) in [7, 11) is 0. The molecule has 0 aromatic carbocycles. The van der Waals surface area contributed by atoms with Crippen molar-refractivity contribution < 1.29 is 9.59 Å². The molecule has 0 amide bonds. The molecule has 2 fully saturated rings. The normalized spacial score (nSPS) is 48.9. The summed E-state index contributed by atoms with van der Waals surface area (Å²) in [6, 6.07) is 0. The number of fused-ring (bicyclic) bond motifs is 1.